The minimum absolute atomic E-state index is 0.362. The first-order valence-corrected chi connectivity index (χ1v) is 8.11. The first-order valence-electron chi connectivity index (χ1n) is 6.65. The van der Waals surface area contributed by atoms with E-state index in [0.717, 1.165) is 12.8 Å². The Labute approximate surface area is 126 Å². The van der Waals surface area contributed by atoms with Crippen LogP contribution in [0.25, 0.3) is 0 Å². The van der Waals surface area contributed by atoms with E-state index in [-0.39, 0.29) is 0 Å². The quantitative estimate of drug-likeness (QED) is 0.585. The molecule has 100 valence electrons. The monoisotopic (exact) mass is 288 g/mol. The Balaban J connectivity index is 1.80. The van der Waals surface area contributed by atoms with E-state index in [4.69, 9.17) is 12.6 Å². The lowest BCUT2D eigenvalue weighted by molar-refractivity contribution is 0.935. The third-order valence-corrected chi connectivity index (χ3v) is 4.67. The maximum absolute atomic E-state index is 4.71. The Morgan fingerprint density at radius 2 is 1.32 bits per heavy atom. The number of rotatable bonds is 6. The van der Waals surface area contributed by atoms with Gasteiger partial charge in [-0.3, -0.25) is 0 Å². The molecule has 0 unspecified atom stereocenters. The van der Waals surface area contributed by atoms with Gasteiger partial charge in [0.25, 0.3) is 0 Å². The van der Waals surface area contributed by atoms with Crippen LogP contribution in [0.5, 0.6) is 0 Å². The summed E-state index contributed by atoms with van der Waals surface area (Å²) in [6, 6.07) is 21.3. The fourth-order valence-corrected chi connectivity index (χ4v) is 4.07. The van der Waals surface area contributed by atoms with Crippen molar-refractivity contribution in [3.63, 3.8) is 0 Å². The molecule has 0 aliphatic heterocycles. The zero-order chi connectivity index (χ0) is 13.5. The smallest absolute Gasteiger partial charge is 0.0515 e. The molecular formula is C17H20S2. The van der Waals surface area contributed by atoms with Gasteiger partial charge < -0.3 is 0 Å². The van der Waals surface area contributed by atoms with Crippen LogP contribution in [0.3, 0.4) is 0 Å². The summed E-state index contributed by atoms with van der Waals surface area (Å²) in [5.74, 6) is 0. The van der Waals surface area contributed by atoms with Gasteiger partial charge in [0.1, 0.15) is 0 Å². The van der Waals surface area contributed by atoms with Crippen molar-refractivity contribution in [2.75, 3.05) is 0 Å². The molecule has 0 aliphatic carbocycles. The van der Waals surface area contributed by atoms with E-state index in [0.29, 0.717) is 9.83 Å². The molecule has 0 aliphatic rings. The highest BCUT2D eigenvalue weighted by atomic mass is 32.2. The van der Waals surface area contributed by atoms with E-state index >= 15 is 0 Å². The van der Waals surface area contributed by atoms with Crippen LogP contribution in [0.1, 0.15) is 18.1 Å². The van der Waals surface area contributed by atoms with Gasteiger partial charge in [0.05, 0.1) is 4.58 Å². The van der Waals surface area contributed by atoms with Crippen molar-refractivity contribution in [1.29, 1.82) is 0 Å². The minimum atomic E-state index is 0.362. The van der Waals surface area contributed by atoms with E-state index in [1.807, 2.05) is 11.8 Å². The molecule has 2 atom stereocenters. The summed E-state index contributed by atoms with van der Waals surface area (Å²) in [7, 11) is 0. The van der Waals surface area contributed by atoms with Crippen molar-refractivity contribution in [2.45, 2.75) is 29.6 Å². The standard InChI is InChI=1S/C17H20S2/c1-14(12-15-8-4-2-5-9-15)19-17(18)13-16-10-6-3-7-11-16/h2-11,14,17-18H,12-13H2,1H3/t14-,17+/m0/s1. The van der Waals surface area contributed by atoms with Crippen molar-refractivity contribution in [1.82, 2.24) is 0 Å². The van der Waals surface area contributed by atoms with Gasteiger partial charge in [-0.1, -0.05) is 67.6 Å². The molecule has 19 heavy (non-hydrogen) atoms. The zero-order valence-electron chi connectivity index (χ0n) is 11.2. The summed E-state index contributed by atoms with van der Waals surface area (Å²) in [5.41, 5.74) is 2.77. The second kappa shape index (κ2) is 7.66. The zero-order valence-corrected chi connectivity index (χ0v) is 12.9. The first-order chi connectivity index (χ1) is 9.24. The van der Waals surface area contributed by atoms with E-state index in [1.54, 1.807) is 0 Å². The van der Waals surface area contributed by atoms with Crippen LogP contribution in [0, 0.1) is 0 Å². The highest BCUT2D eigenvalue weighted by Crippen LogP contribution is 2.26. The van der Waals surface area contributed by atoms with Crippen LogP contribution in [0.4, 0.5) is 0 Å². The van der Waals surface area contributed by atoms with Crippen LogP contribution >= 0.6 is 24.4 Å². The van der Waals surface area contributed by atoms with Crippen molar-refractivity contribution in [3.05, 3.63) is 71.8 Å². The van der Waals surface area contributed by atoms with Crippen molar-refractivity contribution in [2.24, 2.45) is 0 Å². The molecular weight excluding hydrogens is 268 g/mol. The molecule has 2 aromatic rings. The van der Waals surface area contributed by atoms with Crippen LogP contribution in [0.2, 0.25) is 0 Å². The third kappa shape index (κ3) is 5.33. The summed E-state index contributed by atoms with van der Waals surface area (Å²) < 4.78 is 0.362. The number of thioether (sulfide) groups is 1. The van der Waals surface area contributed by atoms with Gasteiger partial charge in [0.2, 0.25) is 0 Å². The van der Waals surface area contributed by atoms with Gasteiger partial charge >= 0.3 is 0 Å². The molecule has 0 bridgehead atoms. The van der Waals surface area contributed by atoms with Gasteiger partial charge in [0, 0.05) is 5.25 Å². The molecule has 0 aromatic heterocycles. The number of benzene rings is 2. The Morgan fingerprint density at radius 1 is 0.842 bits per heavy atom. The lowest BCUT2D eigenvalue weighted by Crippen LogP contribution is -2.08. The Hall–Kier alpha value is -0.860. The third-order valence-electron chi connectivity index (χ3n) is 3.01. The lowest BCUT2D eigenvalue weighted by Gasteiger charge is -2.16. The second-order valence-electron chi connectivity index (χ2n) is 4.78. The summed E-state index contributed by atoms with van der Waals surface area (Å²) in [5, 5.41) is 0.591. The molecule has 0 amide bonds. The second-order valence-corrected chi connectivity index (χ2v) is 7.40. The average molecular weight is 288 g/mol. The maximum Gasteiger partial charge on any atom is 0.0515 e. The fraction of sp³-hybridized carbons (Fsp3) is 0.294. The van der Waals surface area contributed by atoms with Crippen molar-refractivity contribution < 1.29 is 0 Å². The first kappa shape index (κ1) is 14.5. The molecule has 0 spiro atoms. The summed E-state index contributed by atoms with van der Waals surface area (Å²) in [4.78, 5) is 0. The highest BCUT2D eigenvalue weighted by molar-refractivity contribution is 8.10. The normalized spacial score (nSPS) is 14.0. The molecule has 0 nitrogen and oxygen atoms in total. The van der Waals surface area contributed by atoms with Crippen molar-refractivity contribution in [3.8, 4) is 0 Å². The predicted octanol–water partition coefficient (Wildman–Crippen LogP) is 4.85. The number of hydrogen-bond acceptors (Lipinski definition) is 2. The van der Waals surface area contributed by atoms with Crippen LogP contribution < -0.4 is 0 Å². The largest absolute Gasteiger partial charge is 0.165 e. The van der Waals surface area contributed by atoms with Crippen LogP contribution in [0.15, 0.2) is 60.7 Å². The molecule has 2 rings (SSSR count). The molecule has 0 N–H and O–H groups in total. The Morgan fingerprint density at radius 3 is 1.84 bits per heavy atom. The lowest BCUT2D eigenvalue weighted by atomic mass is 10.1. The van der Waals surface area contributed by atoms with Gasteiger partial charge in [0.15, 0.2) is 0 Å². The highest BCUT2D eigenvalue weighted by Gasteiger charge is 2.11. The SMILES string of the molecule is C[C@@H](Cc1ccccc1)S[C@@H](S)Cc1ccccc1. The molecule has 0 saturated heterocycles. The Kier molecular flexibility index (Phi) is 5.87. The fourth-order valence-electron chi connectivity index (χ4n) is 2.13. The summed E-state index contributed by atoms with van der Waals surface area (Å²) >= 11 is 6.66. The van der Waals surface area contributed by atoms with Gasteiger partial charge in [-0.2, -0.15) is 12.6 Å². The van der Waals surface area contributed by atoms with Crippen LogP contribution in [-0.4, -0.2) is 9.83 Å². The predicted molar refractivity (Wildman–Crippen MR) is 90.1 cm³/mol. The van der Waals surface area contributed by atoms with Crippen molar-refractivity contribution >= 4 is 24.4 Å². The topological polar surface area (TPSA) is 0 Å². The molecule has 0 heterocycles. The Bertz CT molecular complexity index is 422. The minimum Gasteiger partial charge on any atom is -0.165 e. The van der Waals surface area contributed by atoms with E-state index in [1.165, 1.54) is 11.1 Å². The van der Waals surface area contributed by atoms with E-state index in [2.05, 4.69) is 67.6 Å². The number of thiol groups is 1. The average Bonchev–Trinajstić information content (AvgIpc) is 2.40. The van der Waals surface area contributed by atoms with E-state index in [9.17, 15) is 0 Å². The molecule has 2 aromatic carbocycles. The molecule has 0 radical (unpaired) electrons. The molecule has 2 heteroatoms. The van der Waals surface area contributed by atoms with E-state index < -0.39 is 0 Å². The number of hydrogen-bond donors (Lipinski definition) is 1. The summed E-state index contributed by atoms with van der Waals surface area (Å²) in [6.07, 6.45) is 2.13. The van der Waals surface area contributed by atoms with Crippen LogP contribution in [-0.2, 0) is 12.8 Å². The van der Waals surface area contributed by atoms with Gasteiger partial charge in [-0.15, -0.1) is 11.8 Å². The van der Waals surface area contributed by atoms with Gasteiger partial charge in [-0.25, -0.2) is 0 Å². The molecule has 0 fully saturated rings. The molecule has 0 saturated carbocycles. The summed E-state index contributed by atoms with van der Waals surface area (Å²) in [6.45, 7) is 2.28. The maximum atomic E-state index is 4.71. The van der Waals surface area contributed by atoms with Gasteiger partial charge in [-0.05, 0) is 24.0 Å².